The van der Waals surface area contributed by atoms with E-state index in [0.29, 0.717) is 5.69 Å². The number of halogens is 3. The standard InChI is InChI=1S/C5H7F3N4/c6-5(7,8)4-1-3(2-10-9)11-12-4/h1,10H,2,9H2,(H,11,12). The average molecular weight is 180 g/mol. The highest BCUT2D eigenvalue weighted by Gasteiger charge is 2.33. The minimum absolute atomic E-state index is 0.128. The summed E-state index contributed by atoms with van der Waals surface area (Å²) in [5.41, 5.74) is 1.57. The van der Waals surface area contributed by atoms with Gasteiger partial charge in [0, 0.05) is 0 Å². The molecule has 12 heavy (non-hydrogen) atoms. The van der Waals surface area contributed by atoms with Gasteiger partial charge in [0.25, 0.3) is 0 Å². The van der Waals surface area contributed by atoms with E-state index in [9.17, 15) is 13.2 Å². The first kappa shape index (κ1) is 9.01. The van der Waals surface area contributed by atoms with Gasteiger partial charge in [-0.2, -0.15) is 18.3 Å². The third-order valence-electron chi connectivity index (χ3n) is 1.21. The molecule has 4 nitrogen and oxygen atoms in total. The van der Waals surface area contributed by atoms with Crippen molar-refractivity contribution in [3.8, 4) is 0 Å². The van der Waals surface area contributed by atoms with Crippen molar-refractivity contribution < 1.29 is 13.2 Å². The van der Waals surface area contributed by atoms with E-state index in [0.717, 1.165) is 6.07 Å². The van der Waals surface area contributed by atoms with Crippen LogP contribution in [-0.2, 0) is 12.7 Å². The summed E-state index contributed by atoms with van der Waals surface area (Å²) in [6.07, 6.45) is -4.40. The molecular formula is C5H7F3N4. The van der Waals surface area contributed by atoms with E-state index in [1.54, 1.807) is 0 Å². The fourth-order valence-corrected chi connectivity index (χ4v) is 0.707. The Labute approximate surface area is 65.9 Å². The minimum Gasteiger partial charge on any atom is -0.281 e. The van der Waals surface area contributed by atoms with E-state index >= 15 is 0 Å². The molecule has 0 aromatic carbocycles. The molecule has 68 valence electrons. The molecule has 0 bridgehead atoms. The molecule has 1 rings (SSSR count). The van der Waals surface area contributed by atoms with Crippen LogP contribution in [0.4, 0.5) is 13.2 Å². The maximum Gasteiger partial charge on any atom is 0.435 e. The number of nitrogens with zero attached hydrogens (tertiary/aromatic N) is 1. The van der Waals surface area contributed by atoms with Crippen molar-refractivity contribution in [3.05, 3.63) is 17.5 Å². The number of hydrazine groups is 1. The molecule has 0 spiro atoms. The first-order valence-corrected chi connectivity index (χ1v) is 3.09. The second-order valence-corrected chi connectivity index (χ2v) is 2.16. The number of nitrogens with two attached hydrogens (primary N) is 1. The highest BCUT2D eigenvalue weighted by atomic mass is 19.4. The van der Waals surface area contributed by atoms with Gasteiger partial charge in [0.2, 0.25) is 0 Å². The minimum atomic E-state index is -4.40. The van der Waals surface area contributed by atoms with Crippen molar-refractivity contribution >= 4 is 0 Å². The molecule has 0 aliphatic rings. The van der Waals surface area contributed by atoms with Crippen LogP contribution < -0.4 is 11.3 Å². The summed E-state index contributed by atoms with van der Waals surface area (Å²) in [4.78, 5) is 0. The zero-order valence-electron chi connectivity index (χ0n) is 5.94. The number of aromatic nitrogens is 2. The summed E-state index contributed by atoms with van der Waals surface area (Å²) in [5.74, 6) is 4.90. The molecule has 0 atom stereocenters. The van der Waals surface area contributed by atoms with E-state index < -0.39 is 11.9 Å². The maximum atomic E-state index is 11.9. The normalized spacial score (nSPS) is 12.0. The molecule has 0 aliphatic carbocycles. The summed E-state index contributed by atoms with van der Waals surface area (Å²) in [5, 5.41) is 5.26. The van der Waals surface area contributed by atoms with Gasteiger partial charge in [-0.1, -0.05) is 0 Å². The maximum absolute atomic E-state index is 11.9. The Balaban J connectivity index is 2.77. The van der Waals surface area contributed by atoms with E-state index in [1.807, 2.05) is 0 Å². The number of rotatable bonds is 2. The fraction of sp³-hybridized carbons (Fsp3) is 0.400. The first-order valence-electron chi connectivity index (χ1n) is 3.09. The van der Waals surface area contributed by atoms with Crippen LogP contribution in [0.2, 0.25) is 0 Å². The molecule has 1 aromatic rings. The zero-order chi connectivity index (χ0) is 9.19. The SMILES string of the molecule is NNCc1cc(C(F)(F)F)n[nH]1. The summed E-state index contributed by atoms with van der Waals surface area (Å²) < 4.78 is 35.7. The van der Waals surface area contributed by atoms with Gasteiger partial charge in [-0.05, 0) is 6.07 Å². The number of hydrogen-bond acceptors (Lipinski definition) is 3. The van der Waals surface area contributed by atoms with Gasteiger partial charge in [-0.15, -0.1) is 0 Å². The van der Waals surface area contributed by atoms with E-state index in [4.69, 9.17) is 5.84 Å². The van der Waals surface area contributed by atoms with Gasteiger partial charge < -0.3 is 0 Å². The Morgan fingerprint density at radius 3 is 2.67 bits per heavy atom. The molecule has 0 saturated heterocycles. The van der Waals surface area contributed by atoms with Gasteiger partial charge in [0.15, 0.2) is 5.69 Å². The van der Waals surface area contributed by atoms with Crippen LogP contribution in [0.5, 0.6) is 0 Å². The summed E-state index contributed by atoms with van der Waals surface area (Å²) >= 11 is 0. The van der Waals surface area contributed by atoms with Crippen molar-refractivity contribution in [2.24, 2.45) is 5.84 Å². The predicted octanol–water partition coefficient (Wildman–Crippen LogP) is 0.392. The Hall–Kier alpha value is -1.08. The second kappa shape index (κ2) is 3.11. The lowest BCUT2D eigenvalue weighted by Gasteiger charge is -1.98. The van der Waals surface area contributed by atoms with Crippen molar-refractivity contribution in [1.82, 2.24) is 15.6 Å². The largest absolute Gasteiger partial charge is 0.435 e. The Morgan fingerprint density at radius 2 is 2.25 bits per heavy atom. The number of alkyl halides is 3. The summed E-state index contributed by atoms with van der Waals surface area (Å²) in [6, 6.07) is 0.903. The van der Waals surface area contributed by atoms with Gasteiger partial charge >= 0.3 is 6.18 Å². The van der Waals surface area contributed by atoms with Crippen LogP contribution >= 0.6 is 0 Å². The fourth-order valence-electron chi connectivity index (χ4n) is 0.707. The molecule has 0 aliphatic heterocycles. The van der Waals surface area contributed by atoms with Crippen LogP contribution in [0.15, 0.2) is 6.07 Å². The molecule has 1 heterocycles. The average Bonchev–Trinajstić information content (AvgIpc) is 2.35. The molecule has 0 amide bonds. The van der Waals surface area contributed by atoms with Gasteiger partial charge in [-0.3, -0.25) is 16.4 Å². The van der Waals surface area contributed by atoms with Gasteiger partial charge in [-0.25, -0.2) is 0 Å². The van der Waals surface area contributed by atoms with E-state index in [1.165, 1.54) is 0 Å². The molecule has 0 unspecified atom stereocenters. The second-order valence-electron chi connectivity index (χ2n) is 2.16. The molecule has 1 aromatic heterocycles. The zero-order valence-corrected chi connectivity index (χ0v) is 5.94. The van der Waals surface area contributed by atoms with Gasteiger partial charge in [0.05, 0.1) is 12.2 Å². The molecule has 0 fully saturated rings. The van der Waals surface area contributed by atoms with E-state index in [-0.39, 0.29) is 6.54 Å². The van der Waals surface area contributed by atoms with Crippen LogP contribution in [0.1, 0.15) is 11.4 Å². The third kappa shape index (κ3) is 1.95. The summed E-state index contributed by atoms with van der Waals surface area (Å²) in [6.45, 7) is 0.128. The number of nitrogens with one attached hydrogen (secondary N) is 2. The van der Waals surface area contributed by atoms with Crippen molar-refractivity contribution in [2.75, 3.05) is 0 Å². The molecule has 7 heteroatoms. The molecular weight excluding hydrogens is 173 g/mol. The van der Waals surface area contributed by atoms with E-state index in [2.05, 4.69) is 15.6 Å². The number of H-pyrrole nitrogens is 1. The lowest BCUT2D eigenvalue weighted by Crippen LogP contribution is -2.20. The Kier molecular flexibility index (Phi) is 2.34. The number of aromatic amines is 1. The van der Waals surface area contributed by atoms with Crippen LogP contribution in [0.3, 0.4) is 0 Å². The van der Waals surface area contributed by atoms with Gasteiger partial charge in [0.1, 0.15) is 0 Å². The Morgan fingerprint density at radius 1 is 1.58 bits per heavy atom. The Bertz CT molecular complexity index is 253. The van der Waals surface area contributed by atoms with Crippen molar-refractivity contribution in [1.29, 1.82) is 0 Å². The lowest BCUT2D eigenvalue weighted by molar-refractivity contribution is -0.141. The quantitative estimate of drug-likeness (QED) is 0.455. The summed E-state index contributed by atoms with van der Waals surface area (Å²) in [7, 11) is 0. The molecule has 0 radical (unpaired) electrons. The highest BCUT2D eigenvalue weighted by molar-refractivity contribution is 5.11. The highest BCUT2D eigenvalue weighted by Crippen LogP contribution is 2.27. The molecule has 4 N–H and O–H groups in total. The molecule has 0 saturated carbocycles. The monoisotopic (exact) mass is 180 g/mol. The van der Waals surface area contributed by atoms with Crippen LogP contribution in [0.25, 0.3) is 0 Å². The lowest BCUT2D eigenvalue weighted by atomic mass is 10.3. The predicted molar refractivity (Wildman–Crippen MR) is 34.6 cm³/mol. The van der Waals surface area contributed by atoms with Crippen LogP contribution in [-0.4, -0.2) is 10.2 Å². The van der Waals surface area contributed by atoms with Crippen molar-refractivity contribution in [3.63, 3.8) is 0 Å². The topological polar surface area (TPSA) is 66.7 Å². The smallest absolute Gasteiger partial charge is 0.281 e. The first-order chi connectivity index (χ1) is 5.54. The third-order valence-corrected chi connectivity index (χ3v) is 1.21. The number of hydrogen-bond donors (Lipinski definition) is 3. The van der Waals surface area contributed by atoms with Crippen molar-refractivity contribution in [2.45, 2.75) is 12.7 Å². The van der Waals surface area contributed by atoms with Crippen LogP contribution in [0, 0.1) is 0 Å².